The van der Waals surface area contributed by atoms with E-state index in [2.05, 4.69) is 15.5 Å². The molecule has 30 heavy (non-hydrogen) atoms. The van der Waals surface area contributed by atoms with Crippen molar-refractivity contribution < 1.29 is 14.3 Å². The summed E-state index contributed by atoms with van der Waals surface area (Å²) in [6.07, 6.45) is 0. The molecule has 0 aliphatic carbocycles. The maximum Gasteiger partial charge on any atom is 0.259 e. The minimum absolute atomic E-state index is 0.290. The third-order valence-electron chi connectivity index (χ3n) is 4.69. The zero-order chi connectivity index (χ0) is 21.3. The molecule has 0 saturated heterocycles. The number of nitrogens with one attached hydrogen (secondary N) is 1. The van der Waals surface area contributed by atoms with Crippen molar-refractivity contribution >= 4 is 34.2 Å². The van der Waals surface area contributed by atoms with Gasteiger partial charge in [-0.15, -0.1) is 10.2 Å². The zero-order valence-corrected chi connectivity index (χ0v) is 17.4. The Balaban J connectivity index is 1.65. The summed E-state index contributed by atoms with van der Waals surface area (Å²) >= 11 is 5.95. The van der Waals surface area contributed by atoms with Gasteiger partial charge in [0.1, 0.15) is 22.5 Å². The van der Waals surface area contributed by atoms with Crippen molar-refractivity contribution in [1.29, 1.82) is 0 Å². The van der Waals surface area contributed by atoms with E-state index in [0.717, 1.165) is 16.8 Å². The van der Waals surface area contributed by atoms with E-state index in [0.29, 0.717) is 33.3 Å². The van der Waals surface area contributed by atoms with Crippen molar-refractivity contribution in [2.24, 2.45) is 0 Å². The van der Waals surface area contributed by atoms with Crippen molar-refractivity contribution in [2.75, 3.05) is 19.5 Å². The summed E-state index contributed by atoms with van der Waals surface area (Å²) in [6.45, 7) is 1.90. The molecule has 4 rings (SSSR count). The molecule has 0 radical (unpaired) electrons. The van der Waals surface area contributed by atoms with Crippen LogP contribution in [-0.2, 0) is 0 Å². The van der Waals surface area contributed by atoms with E-state index in [-0.39, 0.29) is 5.91 Å². The van der Waals surface area contributed by atoms with E-state index >= 15 is 0 Å². The molecule has 8 heteroatoms. The van der Waals surface area contributed by atoms with E-state index in [1.54, 1.807) is 48.3 Å². The Bertz CT molecular complexity index is 1240. The molecule has 0 aliphatic heterocycles. The Hall–Kier alpha value is -3.58. The first-order chi connectivity index (χ1) is 14.5. The van der Waals surface area contributed by atoms with Gasteiger partial charge in [-0.05, 0) is 61.0 Å². The molecule has 0 atom stereocenters. The summed E-state index contributed by atoms with van der Waals surface area (Å²) in [6, 6.07) is 16.0. The first kappa shape index (κ1) is 19.7. The van der Waals surface area contributed by atoms with Crippen LogP contribution in [0.15, 0.2) is 54.6 Å². The number of amides is 1. The van der Waals surface area contributed by atoms with Gasteiger partial charge in [0.25, 0.3) is 5.91 Å². The monoisotopic (exact) mass is 422 g/mol. The van der Waals surface area contributed by atoms with Gasteiger partial charge in [0.15, 0.2) is 0 Å². The van der Waals surface area contributed by atoms with Crippen LogP contribution in [0.4, 0.5) is 5.69 Å². The summed E-state index contributed by atoms with van der Waals surface area (Å²) in [5.41, 5.74) is 4.10. The van der Waals surface area contributed by atoms with Crippen molar-refractivity contribution in [2.45, 2.75) is 6.92 Å². The van der Waals surface area contributed by atoms with E-state index in [1.807, 2.05) is 25.1 Å². The number of aryl methyl sites for hydroxylation is 1. The third-order valence-corrected chi connectivity index (χ3v) is 4.94. The quantitative estimate of drug-likeness (QED) is 0.506. The zero-order valence-electron chi connectivity index (χ0n) is 16.6. The molecular weight excluding hydrogens is 404 g/mol. The van der Waals surface area contributed by atoms with E-state index in [1.165, 1.54) is 7.11 Å². The van der Waals surface area contributed by atoms with Gasteiger partial charge in [0, 0.05) is 16.8 Å². The van der Waals surface area contributed by atoms with Crippen molar-refractivity contribution in [3.63, 3.8) is 0 Å². The van der Waals surface area contributed by atoms with Crippen LogP contribution in [0.25, 0.3) is 16.7 Å². The van der Waals surface area contributed by atoms with Gasteiger partial charge in [0.2, 0.25) is 0 Å². The van der Waals surface area contributed by atoms with Crippen LogP contribution < -0.4 is 14.8 Å². The molecule has 7 nitrogen and oxygen atoms in total. The maximum absolute atomic E-state index is 12.9. The number of methoxy groups -OCH3 is 2. The summed E-state index contributed by atoms with van der Waals surface area (Å²) in [7, 11) is 3.07. The van der Waals surface area contributed by atoms with E-state index < -0.39 is 0 Å². The highest BCUT2D eigenvalue weighted by molar-refractivity contribution is 6.30. The van der Waals surface area contributed by atoms with E-state index in [9.17, 15) is 4.79 Å². The highest BCUT2D eigenvalue weighted by Crippen LogP contribution is 2.27. The molecule has 152 valence electrons. The minimum Gasteiger partial charge on any atom is -0.497 e. The van der Waals surface area contributed by atoms with Crippen molar-refractivity contribution in [1.82, 2.24) is 15.0 Å². The molecule has 0 fully saturated rings. The first-order valence-electron chi connectivity index (χ1n) is 9.15. The molecule has 0 bridgehead atoms. The molecule has 1 heterocycles. The summed E-state index contributed by atoms with van der Waals surface area (Å²) < 4.78 is 10.5. The number of carbonyl (C=O) groups is 1. The standard InChI is InChI=1S/C22H19ClN4O3/c1-13-10-19-20(26-27(25-19)15-6-4-14(23)5-7-15)12-18(13)24-22(28)17-9-8-16(29-2)11-21(17)30-3/h4-12H,1-3H3,(H,24,28). The predicted molar refractivity (Wildman–Crippen MR) is 116 cm³/mol. The van der Waals surface area contributed by atoms with Crippen LogP contribution in [0.5, 0.6) is 11.5 Å². The second-order valence-electron chi connectivity index (χ2n) is 6.64. The second kappa shape index (κ2) is 8.04. The lowest BCUT2D eigenvalue weighted by Gasteiger charge is -2.12. The predicted octanol–water partition coefficient (Wildman–Crippen LogP) is 4.65. The normalized spacial score (nSPS) is 10.8. The lowest BCUT2D eigenvalue weighted by molar-refractivity contribution is 0.102. The number of halogens is 1. The Morgan fingerprint density at radius 2 is 1.67 bits per heavy atom. The van der Waals surface area contributed by atoms with Crippen LogP contribution in [0.2, 0.25) is 5.02 Å². The Kier molecular flexibility index (Phi) is 5.29. The number of rotatable bonds is 5. The minimum atomic E-state index is -0.290. The fourth-order valence-corrected chi connectivity index (χ4v) is 3.19. The first-order valence-corrected chi connectivity index (χ1v) is 9.53. The molecule has 0 saturated carbocycles. The SMILES string of the molecule is COc1ccc(C(=O)Nc2cc3nn(-c4ccc(Cl)cc4)nc3cc2C)c(OC)c1. The number of anilines is 1. The van der Waals surface area contributed by atoms with Crippen LogP contribution in [-0.4, -0.2) is 35.1 Å². The Morgan fingerprint density at radius 3 is 2.33 bits per heavy atom. The largest absolute Gasteiger partial charge is 0.497 e. The van der Waals surface area contributed by atoms with Crippen LogP contribution in [0, 0.1) is 6.92 Å². The fraction of sp³-hybridized carbons (Fsp3) is 0.136. The summed E-state index contributed by atoms with van der Waals surface area (Å²) in [5.74, 6) is 0.751. The number of hydrogen-bond donors (Lipinski definition) is 1. The average molecular weight is 423 g/mol. The molecule has 0 unspecified atom stereocenters. The van der Waals surface area contributed by atoms with E-state index in [4.69, 9.17) is 21.1 Å². The van der Waals surface area contributed by atoms with Gasteiger partial charge >= 0.3 is 0 Å². The van der Waals surface area contributed by atoms with Gasteiger partial charge in [-0.25, -0.2) is 0 Å². The third kappa shape index (κ3) is 3.79. The van der Waals surface area contributed by atoms with Crippen LogP contribution in [0.1, 0.15) is 15.9 Å². The molecule has 4 aromatic rings. The molecule has 0 aliphatic rings. The van der Waals surface area contributed by atoms with Crippen molar-refractivity contribution in [3.05, 3.63) is 70.7 Å². The summed E-state index contributed by atoms with van der Waals surface area (Å²) in [5, 5.41) is 12.6. The molecular formula is C22H19ClN4O3. The highest BCUT2D eigenvalue weighted by Gasteiger charge is 2.16. The lowest BCUT2D eigenvalue weighted by Crippen LogP contribution is -2.14. The van der Waals surface area contributed by atoms with Crippen LogP contribution >= 0.6 is 11.6 Å². The molecule has 1 N–H and O–H groups in total. The number of benzene rings is 3. The van der Waals surface area contributed by atoms with Crippen molar-refractivity contribution in [3.8, 4) is 17.2 Å². The lowest BCUT2D eigenvalue weighted by atomic mass is 10.1. The second-order valence-corrected chi connectivity index (χ2v) is 7.08. The van der Waals surface area contributed by atoms with Gasteiger partial charge in [-0.1, -0.05) is 11.6 Å². The summed E-state index contributed by atoms with van der Waals surface area (Å²) in [4.78, 5) is 14.4. The number of nitrogens with zero attached hydrogens (tertiary/aromatic N) is 3. The maximum atomic E-state index is 12.9. The molecule has 0 spiro atoms. The van der Waals surface area contributed by atoms with Gasteiger partial charge < -0.3 is 14.8 Å². The Labute approximate surface area is 178 Å². The number of fused-ring (bicyclic) bond motifs is 1. The van der Waals surface area contributed by atoms with Crippen LogP contribution in [0.3, 0.4) is 0 Å². The Morgan fingerprint density at radius 1 is 0.967 bits per heavy atom. The topological polar surface area (TPSA) is 78.3 Å². The fourth-order valence-electron chi connectivity index (χ4n) is 3.07. The molecule has 1 aromatic heterocycles. The highest BCUT2D eigenvalue weighted by atomic mass is 35.5. The number of hydrogen-bond acceptors (Lipinski definition) is 5. The number of ether oxygens (including phenoxy) is 2. The molecule has 1 amide bonds. The smallest absolute Gasteiger partial charge is 0.259 e. The number of carbonyl (C=O) groups excluding carboxylic acids is 1. The van der Waals surface area contributed by atoms with Gasteiger partial charge in [-0.2, -0.15) is 4.80 Å². The average Bonchev–Trinajstić information content (AvgIpc) is 3.16. The molecule has 3 aromatic carbocycles. The van der Waals surface area contributed by atoms with Gasteiger partial charge in [0.05, 0.1) is 25.5 Å². The number of aromatic nitrogens is 3. The van der Waals surface area contributed by atoms with Gasteiger partial charge in [-0.3, -0.25) is 4.79 Å².